The first-order valence-electron chi connectivity index (χ1n) is 4.85. The molecular formula is C11H11N3O2. The molecule has 0 spiro atoms. The fraction of sp³-hybridized carbons (Fsp3) is 0.182. The van der Waals surface area contributed by atoms with Crippen LogP contribution in [0.25, 0.3) is 5.69 Å². The Morgan fingerprint density at radius 2 is 1.88 bits per heavy atom. The van der Waals surface area contributed by atoms with Gasteiger partial charge in [-0.05, 0) is 24.0 Å². The van der Waals surface area contributed by atoms with E-state index < -0.39 is 4.92 Å². The molecule has 0 aliphatic carbocycles. The fourth-order valence-electron chi connectivity index (χ4n) is 1.57. The smallest absolute Gasteiger partial charge is 0.348 e. The third kappa shape index (κ3) is 1.67. The van der Waals surface area contributed by atoms with Crippen molar-refractivity contribution in [1.29, 1.82) is 0 Å². The molecule has 0 N–H and O–H groups in total. The first kappa shape index (κ1) is 10.4. The Morgan fingerprint density at radius 3 is 2.44 bits per heavy atom. The van der Waals surface area contributed by atoms with Crippen LogP contribution >= 0.6 is 0 Å². The van der Waals surface area contributed by atoms with E-state index in [-0.39, 0.29) is 5.82 Å². The van der Waals surface area contributed by atoms with Crippen molar-refractivity contribution in [2.45, 2.75) is 13.8 Å². The Morgan fingerprint density at radius 1 is 1.25 bits per heavy atom. The molecule has 0 saturated heterocycles. The van der Waals surface area contributed by atoms with Gasteiger partial charge in [0.05, 0.1) is 0 Å². The van der Waals surface area contributed by atoms with Crippen LogP contribution in [0, 0.1) is 24.0 Å². The molecule has 16 heavy (non-hydrogen) atoms. The van der Waals surface area contributed by atoms with Gasteiger partial charge in [0.2, 0.25) is 0 Å². The molecule has 5 heteroatoms. The predicted octanol–water partition coefficient (Wildman–Crippen LogP) is 2.40. The molecule has 1 aromatic heterocycles. The summed E-state index contributed by atoms with van der Waals surface area (Å²) in [5.74, 6) is 0.594. The van der Waals surface area contributed by atoms with Gasteiger partial charge in [0, 0.05) is 6.92 Å². The fourth-order valence-corrected chi connectivity index (χ4v) is 1.57. The number of hydrogen-bond donors (Lipinski definition) is 0. The van der Waals surface area contributed by atoms with Crippen LogP contribution in [0.15, 0.2) is 30.5 Å². The monoisotopic (exact) mass is 217 g/mol. The number of nitro groups is 1. The van der Waals surface area contributed by atoms with Gasteiger partial charge >= 0.3 is 5.82 Å². The van der Waals surface area contributed by atoms with Gasteiger partial charge in [-0.1, -0.05) is 17.7 Å². The molecule has 0 unspecified atom stereocenters. The number of rotatable bonds is 2. The summed E-state index contributed by atoms with van der Waals surface area (Å²) in [5.41, 5.74) is 1.87. The topological polar surface area (TPSA) is 61.0 Å². The van der Waals surface area contributed by atoms with Gasteiger partial charge in [-0.3, -0.25) is 0 Å². The first-order valence-corrected chi connectivity index (χ1v) is 4.85. The van der Waals surface area contributed by atoms with Crippen molar-refractivity contribution in [1.82, 2.24) is 9.55 Å². The average Bonchev–Trinajstić information content (AvgIpc) is 2.62. The van der Waals surface area contributed by atoms with E-state index in [2.05, 4.69) is 4.98 Å². The van der Waals surface area contributed by atoms with Crippen LogP contribution in [0.2, 0.25) is 0 Å². The number of aryl methyl sites for hydroxylation is 2. The average molecular weight is 217 g/mol. The highest BCUT2D eigenvalue weighted by atomic mass is 16.6. The van der Waals surface area contributed by atoms with Crippen molar-refractivity contribution in [3.8, 4) is 5.69 Å². The molecule has 2 rings (SSSR count). The molecule has 0 saturated carbocycles. The lowest BCUT2D eigenvalue weighted by atomic mass is 10.2. The van der Waals surface area contributed by atoms with Crippen molar-refractivity contribution in [3.63, 3.8) is 0 Å². The van der Waals surface area contributed by atoms with Crippen molar-refractivity contribution in [2.75, 3.05) is 0 Å². The molecule has 82 valence electrons. The molecule has 1 aromatic carbocycles. The summed E-state index contributed by atoms with van der Waals surface area (Å²) in [7, 11) is 0. The Balaban J connectivity index is 2.58. The molecule has 0 amide bonds. The summed E-state index contributed by atoms with van der Waals surface area (Å²) < 4.78 is 1.53. The van der Waals surface area contributed by atoms with Crippen LogP contribution < -0.4 is 0 Å². The Kier molecular flexibility index (Phi) is 2.44. The van der Waals surface area contributed by atoms with Crippen LogP contribution in [0.1, 0.15) is 11.4 Å². The van der Waals surface area contributed by atoms with Crippen LogP contribution in [0.3, 0.4) is 0 Å². The summed E-state index contributed by atoms with van der Waals surface area (Å²) >= 11 is 0. The third-order valence-electron chi connectivity index (χ3n) is 2.40. The van der Waals surface area contributed by atoms with Crippen molar-refractivity contribution in [2.24, 2.45) is 0 Å². The van der Waals surface area contributed by atoms with Crippen LogP contribution in [-0.4, -0.2) is 14.5 Å². The lowest BCUT2D eigenvalue weighted by molar-refractivity contribution is -0.391. The summed E-state index contributed by atoms with van der Waals surface area (Å²) in [5, 5.41) is 10.8. The zero-order valence-corrected chi connectivity index (χ0v) is 9.04. The lowest BCUT2D eigenvalue weighted by Gasteiger charge is -2.02. The number of nitrogens with zero attached hydrogens (tertiary/aromatic N) is 3. The van der Waals surface area contributed by atoms with E-state index in [0.29, 0.717) is 5.82 Å². The first-order chi connectivity index (χ1) is 7.59. The molecule has 1 heterocycles. The van der Waals surface area contributed by atoms with Crippen molar-refractivity contribution >= 4 is 5.82 Å². The predicted molar refractivity (Wildman–Crippen MR) is 59.7 cm³/mol. The second-order valence-electron chi connectivity index (χ2n) is 3.59. The SMILES string of the molecule is Cc1ccc(-n2c([N+](=O)[O-])cnc2C)cc1. The molecule has 0 bridgehead atoms. The van der Waals surface area contributed by atoms with Gasteiger partial charge in [0.1, 0.15) is 11.9 Å². The van der Waals surface area contributed by atoms with Crippen molar-refractivity contribution in [3.05, 3.63) is 52.0 Å². The molecule has 0 aliphatic heterocycles. The van der Waals surface area contributed by atoms with Gasteiger partial charge in [0.15, 0.2) is 5.82 Å². The second-order valence-corrected chi connectivity index (χ2v) is 3.59. The number of aromatic nitrogens is 2. The molecule has 0 atom stereocenters. The second kappa shape index (κ2) is 3.77. The van der Waals surface area contributed by atoms with Crippen molar-refractivity contribution < 1.29 is 4.92 Å². The minimum atomic E-state index is -0.431. The van der Waals surface area contributed by atoms with Gasteiger partial charge < -0.3 is 10.1 Å². The van der Waals surface area contributed by atoms with Gasteiger partial charge in [-0.25, -0.2) is 4.98 Å². The normalized spacial score (nSPS) is 10.4. The summed E-state index contributed by atoms with van der Waals surface area (Å²) in [6, 6.07) is 7.52. The Labute approximate surface area is 92.5 Å². The standard InChI is InChI=1S/C11H11N3O2/c1-8-3-5-10(6-4-8)13-9(2)12-7-11(13)14(15)16/h3-7H,1-2H3. The van der Waals surface area contributed by atoms with E-state index in [1.54, 1.807) is 6.92 Å². The highest BCUT2D eigenvalue weighted by molar-refractivity contribution is 5.41. The third-order valence-corrected chi connectivity index (χ3v) is 2.40. The maximum Gasteiger partial charge on any atom is 0.348 e. The van der Waals surface area contributed by atoms with E-state index in [9.17, 15) is 10.1 Å². The number of benzene rings is 1. The molecule has 5 nitrogen and oxygen atoms in total. The summed E-state index contributed by atoms with van der Waals surface area (Å²) in [6.45, 7) is 3.71. The maximum absolute atomic E-state index is 10.8. The minimum absolute atomic E-state index is 0.0126. The molecule has 0 aliphatic rings. The summed E-state index contributed by atoms with van der Waals surface area (Å²) in [4.78, 5) is 14.3. The number of hydrogen-bond acceptors (Lipinski definition) is 3. The molecule has 2 aromatic rings. The van der Waals surface area contributed by atoms with Gasteiger partial charge in [-0.2, -0.15) is 4.57 Å². The zero-order valence-electron chi connectivity index (χ0n) is 9.04. The van der Waals surface area contributed by atoms with Gasteiger partial charge in [-0.15, -0.1) is 0 Å². The zero-order chi connectivity index (χ0) is 11.7. The van der Waals surface area contributed by atoms with E-state index in [1.165, 1.54) is 10.8 Å². The van der Waals surface area contributed by atoms with Crippen LogP contribution in [0.4, 0.5) is 5.82 Å². The minimum Gasteiger partial charge on any atom is -0.358 e. The highest BCUT2D eigenvalue weighted by Gasteiger charge is 2.18. The van der Waals surface area contributed by atoms with Gasteiger partial charge in [0.25, 0.3) is 0 Å². The lowest BCUT2D eigenvalue weighted by Crippen LogP contribution is -2.02. The molecule has 0 fully saturated rings. The largest absolute Gasteiger partial charge is 0.358 e. The Bertz CT molecular complexity index is 529. The Hall–Kier alpha value is -2.17. The number of imidazole rings is 1. The van der Waals surface area contributed by atoms with Crippen LogP contribution in [-0.2, 0) is 0 Å². The summed E-state index contributed by atoms with van der Waals surface area (Å²) in [6.07, 6.45) is 1.27. The quantitative estimate of drug-likeness (QED) is 0.573. The highest BCUT2D eigenvalue weighted by Crippen LogP contribution is 2.20. The maximum atomic E-state index is 10.8. The van der Waals surface area contributed by atoms with E-state index in [1.807, 2.05) is 31.2 Å². The molecule has 0 radical (unpaired) electrons. The van der Waals surface area contributed by atoms with E-state index in [4.69, 9.17) is 0 Å². The molecular weight excluding hydrogens is 206 g/mol. The van der Waals surface area contributed by atoms with Crippen LogP contribution in [0.5, 0.6) is 0 Å². The van der Waals surface area contributed by atoms with E-state index in [0.717, 1.165) is 11.3 Å². The van der Waals surface area contributed by atoms with E-state index >= 15 is 0 Å².